The Morgan fingerprint density at radius 1 is 1.29 bits per heavy atom. The molecule has 2 N–H and O–H groups in total. The summed E-state index contributed by atoms with van der Waals surface area (Å²) >= 11 is 0. The summed E-state index contributed by atoms with van der Waals surface area (Å²) in [6, 6.07) is 9.29. The summed E-state index contributed by atoms with van der Waals surface area (Å²) in [5, 5.41) is 15.2. The molecule has 0 saturated heterocycles. The van der Waals surface area contributed by atoms with Gasteiger partial charge in [-0.15, -0.1) is 0 Å². The fourth-order valence-corrected chi connectivity index (χ4v) is 2.79. The summed E-state index contributed by atoms with van der Waals surface area (Å²) in [6.45, 7) is 1.90. The van der Waals surface area contributed by atoms with Crippen molar-refractivity contribution in [1.29, 1.82) is 5.26 Å². The second kappa shape index (κ2) is 7.80. The number of carbonyl (C=O) groups excluding carboxylic acids is 1. The predicted octanol–water partition coefficient (Wildman–Crippen LogP) is 3.20. The molecule has 21 heavy (non-hydrogen) atoms. The molecule has 1 atom stereocenters. The van der Waals surface area contributed by atoms with E-state index >= 15 is 0 Å². The minimum atomic E-state index is -0.223. The maximum absolute atomic E-state index is 12.2. The minimum absolute atomic E-state index is 0.0469. The van der Waals surface area contributed by atoms with Crippen molar-refractivity contribution >= 4 is 11.6 Å². The Morgan fingerprint density at radius 2 is 2.00 bits per heavy atom. The molecule has 0 aromatic heterocycles. The third-order valence-electron chi connectivity index (χ3n) is 3.99. The largest absolute Gasteiger partial charge is 0.325 e. The smallest absolute Gasteiger partial charge is 0.241 e. The molecule has 1 fully saturated rings. The molecule has 4 heteroatoms. The lowest BCUT2D eigenvalue weighted by Gasteiger charge is -2.21. The van der Waals surface area contributed by atoms with E-state index in [1.807, 2.05) is 6.92 Å². The van der Waals surface area contributed by atoms with E-state index in [2.05, 4.69) is 16.7 Å². The van der Waals surface area contributed by atoms with Crippen LogP contribution in [0.2, 0.25) is 0 Å². The predicted molar refractivity (Wildman–Crippen MR) is 83.9 cm³/mol. The molecular weight excluding hydrogens is 262 g/mol. The molecule has 4 nitrogen and oxygen atoms in total. The molecule has 0 spiro atoms. The first-order chi connectivity index (χ1) is 10.2. The normalized spacial score (nSPS) is 17.5. The van der Waals surface area contributed by atoms with E-state index in [1.165, 1.54) is 25.7 Å². The number of nitriles is 1. The highest BCUT2D eigenvalue weighted by atomic mass is 16.2. The van der Waals surface area contributed by atoms with Crippen molar-refractivity contribution in [2.24, 2.45) is 0 Å². The summed E-state index contributed by atoms with van der Waals surface area (Å²) < 4.78 is 0. The van der Waals surface area contributed by atoms with Crippen LogP contribution in [0.15, 0.2) is 24.3 Å². The Kier molecular flexibility index (Phi) is 5.77. The van der Waals surface area contributed by atoms with E-state index in [4.69, 9.17) is 5.26 Å². The van der Waals surface area contributed by atoms with Gasteiger partial charge in [0.25, 0.3) is 0 Å². The number of carbonyl (C=O) groups is 1. The van der Waals surface area contributed by atoms with Crippen LogP contribution < -0.4 is 10.6 Å². The number of nitrogens with one attached hydrogen (secondary N) is 2. The molecule has 1 aromatic rings. The lowest BCUT2D eigenvalue weighted by Crippen LogP contribution is -2.43. The van der Waals surface area contributed by atoms with Crippen molar-refractivity contribution in [2.75, 3.05) is 5.32 Å². The van der Waals surface area contributed by atoms with Crippen LogP contribution in [0, 0.1) is 11.3 Å². The van der Waals surface area contributed by atoms with E-state index < -0.39 is 0 Å². The van der Waals surface area contributed by atoms with Gasteiger partial charge in [0.05, 0.1) is 17.7 Å². The van der Waals surface area contributed by atoms with E-state index in [0.29, 0.717) is 17.3 Å². The van der Waals surface area contributed by atoms with Crippen molar-refractivity contribution in [3.63, 3.8) is 0 Å². The van der Waals surface area contributed by atoms with E-state index in [1.54, 1.807) is 24.3 Å². The SMILES string of the molecule is C[C@@H](NC1CCCCCC1)C(=O)Nc1cccc(C#N)c1. The summed E-state index contributed by atoms with van der Waals surface area (Å²) in [6.07, 6.45) is 7.41. The van der Waals surface area contributed by atoms with Crippen LogP contribution in [0.25, 0.3) is 0 Å². The van der Waals surface area contributed by atoms with Gasteiger partial charge in [0, 0.05) is 11.7 Å². The van der Waals surface area contributed by atoms with Crippen LogP contribution in [-0.2, 0) is 4.79 Å². The third-order valence-corrected chi connectivity index (χ3v) is 3.99. The van der Waals surface area contributed by atoms with Crippen LogP contribution >= 0.6 is 0 Å². The van der Waals surface area contributed by atoms with Gasteiger partial charge in [0.2, 0.25) is 5.91 Å². The molecule has 0 aliphatic heterocycles. The summed E-state index contributed by atoms with van der Waals surface area (Å²) in [7, 11) is 0. The first-order valence-corrected chi connectivity index (χ1v) is 7.76. The van der Waals surface area contributed by atoms with E-state index in [-0.39, 0.29) is 11.9 Å². The molecule has 0 unspecified atom stereocenters. The van der Waals surface area contributed by atoms with Gasteiger partial charge >= 0.3 is 0 Å². The molecule has 2 rings (SSSR count). The zero-order valence-corrected chi connectivity index (χ0v) is 12.6. The van der Waals surface area contributed by atoms with Crippen LogP contribution in [0.1, 0.15) is 51.0 Å². The van der Waals surface area contributed by atoms with Gasteiger partial charge in [-0.3, -0.25) is 4.79 Å². The zero-order chi connectivity index (χ0) is 15.1. The minimum Gasteiger partial charge on any atom is -0.325 e. The Bertz CT molecular complexity index is 513. The lowest BCUT2D eigenvalue weighted by molar-refractivity contribution is -0.118. The van der Waals surface area contributed by atoms with Gasteiger partial charge in [-0.1, -0.05) is 31.7 Å². The first-order valence-electron chi connectivity index (χ1n) is 7.76. The first kappa shape index (κ1) is 15.5. The molecule has 0 bridgehead atoms. The van der Waals surface area contributed by atoms with Crippen molar-refractivity contribution < 1.29 is 4.79 Å². The highest BCUT2D eigenvalue weighted by Gasteiger charge is 2.19. The topological polar surface area (TPSA) is 64.9 Å². The Hall–Kier alpha value is -1.86. The highest BCUT2D eigenvalue weighted by Crippen LogP contribution is 2.18. The number of rotatable bonds is 4. The third kappa shape index (κ3) is 4.87. The maximum atomic E-state index is 12.2. The molecule has 1 aliphatic carbocycles. The quantitative estimate of drug-likeness (QED) is 0.835. The molecule has 112 valence electrons. The van der Waals surface area contributed by atoms with Gasteiger partial charge < -0.3 is 10.6 Å². The van der Waals surface area contributed by atoms with E-state index in [0.717, 1.165) is 12.8 Å². The standard InChI is InChI=1S/C17H23N3O/c1-13(19-15-8-4-2-3-5-9-15)17(21)20-16-10-6-7-14(11-16)12-18/h6-7,10-11,13,15,19H,2-5,8-9H2,1H3,(H,20,21)/t13-/m1/s1. The average Bonchev–Trinajstić information content (AvgIpc) is 2.76. The monoisotopic (exact) mass is 285 g/mol. The van der Waals surface area contributed by atoms with Crippen molar-refractivity contribution in [2.45, 2.75) is 57.5 Å². The second-order valence-electron chi connectivity index (χ2n) is 5.76. The van der Waals surface area contributed by atoms with Crippen LogP contribution in [0.4, 0.5) is 5.69 Å². The lowest BCUT2D eigenvalue weighted by atomic mass is 10.1. The number of nitrogens with zero attached hydrogens (tertiary/aromatic N) is 1. The Balaban J connectivity index is 1.88. The summed E-state index contributed by atoms with van der Waals surface area (Å²) in [5.41, 5.74) is 1.23. The molecule has 1 aromatic carbocycles. The zero-order valence-electron chi connectivity index (χ0n) is 12.6. The van der Waals surface area contributed by atoms with Gasteiger partial charge in [0.15, 0.2) is 0 Å². The number of hydrogen-bond donors (Lipinski definition) is 2. The van der Waals surface area contributed by atoms with Crippen molar-refractivity contribution in [3.05, 3.63) is 29.8 Å². The number of hydrogen-bond acceptors (Lipinski definition) is 3. The summed E-state index contributed by atoms with van der Waals surface area (Å²) in [4.78, 5) is 12.2. The fourth-order valence-electron chi connectivity index (χ4n) is 2.79. The van der Waals surface area contributed by atoms with Crippen molar-refractivity contribution in [1.82, 2.24) is 5.32 Å². The summed E-state index contributed by atoms with van der Waals surface area (Å²) in [5.74, 6) is -0.0469. The molecule has 1 saturated carbocycles. The number of anilines is 1. The molecule has 1 amide bonds. The maximum Gasteiger partial charge on any atom is 0.241 e. The molecule has 0 radical (unpaired) electrons. The Morgan fingerprint density at radius 3 is 2.67 bits per heavy atom. The number of benzene rings is 1. The highest BCUT2D eigenvalue weighted by molar-refractivity contribution is 5.94. The Labute approximate surface area is 126 Å². The van der Waals surface area contributed by atoms with Crippen LogP contribution in [0.5, 0.6) is 0 Å². The molecular formula is C17H23N3O. The van der Waals surface area contributed by atoms with Crippen LogP contribution in [-0.4, -0.2) is 18.0 Å². The van der Waals surface area contributed by atoms with Gasteiger partial charge in [-0.25, -0.2) is 0 Å². The molecule has 1 aliphatic rings. The number of amides is 1. The molecule has 0 heterocycles. The second-order valence-corrected chi connectivity index (χ2v) is 5.76. The van der Waals surface area contributed by atoms with Gasteiger partial charge in [0.1, 0.15) is 0 Å². The van der Waals surface area contributed by atoms with Gasteiger partial charge in [-0.2, -0.15) is 5.26 Å². The average molecular weight is 285 g/mol. The van der Waals surface area contributed by atoms with E-state index in [9.17, 15) is 4.79 Å². The van der Waals surface area contributed by atoms with Crippen LogP contribution in [0.3, 0.4) is 0 Å². The van der Waals surface area contributed by atoms with Gasteiger partial charge in [-0.05, 0) is 38.0 Å². The van der Waals surface area contributed by atoms with Crippen molar-refractivity contribution in [3.8, 4) is 6.07 Å². The fraction of sp³-hybridized carbons (Fsp3) is 0.529.